The Morgan fingerprint density at radius 3 is 2.58 bits per heavy atom. The summed E-state index contributed by atoms with van der Waals surface area (Å²) in [5.41, 5.74) is 1.42. The largest absolute Gasteiger partial charge is 0.493 e. The van der Waals surface area contributed by atoms with Crippen molar-refractivity contribution in [2.45, 2.75) is 57.9 Å². The number of nitrogens with zero attached hydrogens (tertiary/aromatic N) is 1. The van der Waals surface area contributed by atoms with E-state index in [0.717, 1.165) is 25.8 Å². The van der Waals surface area contributed by atoms with Gasteiger partial charge in [-0.2, -0.15) is 0 Å². The van der Waals surface area contributed by atoms with Gasteiger partial charge in [-0.1, -0.05) is 43.0 Å². The summed E-state index contributed by atoms with van der Waals surface area (Å²) in [4.78, 5) is 28.4. The molecule has 4 rings (SSSR count). The molecule has 2 amide bonds. The average molecular weight is 489 g/mol. The number of benzene rings is 2. The highest BCUT2D eigenvalue weighted by Crippen LogP contribution is 2.37. The minimum absolute atomic E-state index is 0.0244. The Hall–Kier alpha value is -2.24. The second-order valence-electron chi connectivity index (χ2n) is 8.89. The molecule has 2 fully saturated rings. The molecule has 1 saturated carbocycles. The Labute approximate surface area is 205 Å². The predicted octanol–water partition coefficient (Wildman–Crippen LogP) is 6.83. The molecule has 0 radical (unpaired) electrons. The van der Waals surface area contributed by atoms with Gasteiger partial charge in [-0.05, 0) is 68.4 Å². The van der Waals surface area contributed by atoms with Crippen molar-refractivity contribution in [3.63, 3.8) is 0 Å². The van der Waals surface area contributed by atoms with Gasteiger partial charge in [0.1, 0.15) is 5.75 Å². The number of rotatable bonds is 6. The fourth-order valence-electron chi connectivity index (χ4n) is 5.01. The molecule has 5 nitrogen and oxygen atoms in total. The van der Waals surface area contributed by atoms with Gasteiger partial charge in [0.25, 0.3) is 11.8 Å². The van der Waals surface area contributed by atoms with Crippen molar-refractivity contribution in [3.8, 4) is 5.75 Å². The summed E-state index contributed by atoms with van der Waals surface area (Å²) in [5.74, 6) is 0.786. The van der Waals surface area contributed by atoms with Crippen LogP contribution in [0.4, 0.5) is 5.69 Å². The van der Waals surface area contributed by atoms with Crippen molar-refractivity contribution in [2.24, 2.45) is 5.92 Å². The molecule has 1 N–H and O–H groups in total. The van der Waals surface area contributed by atoms with Crippen molar-refractivity contribution in [2.75, 3.05) is 18.5 Å². The smallest absolute Gasteiger partial charge is 0.257 e. The van der Waals surface area contributed by atoms with Gasteiger partial charge < -0.3 is 15.0 Å². The van der Waals surface area contributed by atoms with E-state index >= 15 is 0 Å². The molecule has 2 aromatic carbocycles. The van der Waals surface area contributed by atoms with Crippen LogP contribution in [0.3, 0.4) is 0 Å². The highest BCUT2D eigenvalue weighted by molar-refractivity contribution is 6.37. The normalized spacial score (nSPS) is 20.2. The average Bonchev–Trinajstić information content (AvgIpc) is 2.82. The molecule has 2 atom stereocenters. The second kappa shape index (κ2) is 10.8. The molecule has 1 heterocycles. The SMILES string of the molecule is CCCOc1cc(NC(=O)c2ccc(Cl)cc2Cl)ccc1C(=O)N1CCC[C@@H]2CCCC[C@H]21. The number of halogens is 2. The maximum absolute atomic E-state index is 13.6. The number of likely N-dealkylation sites (tertiary alicyclic amines) is 1. The van der Waals surface area contributed by atoms with Gasteiger partial charge in [-0.3, -0.25) is 9.59 Å². The molecule has 176 valence electrons. The molecule has 2 aliphatic rings. The Balaban J connectivity index is 1.57. The van der Waals surface area contributed by atoms with Crippen LogP contribution < -0.4 is 10.1 Å². The number of fused-ring (bicyclic) bond motifs is 1. The molecule has 1 saturated heterocycles. The van der Waals surface area contributed by atoms with Crippen molar-refractivity contribution >= 4 is 40.7 Å². The van der Waals surface area contributed by atoms with E-state index in [2.05, 4.69) is 10.2 Å². The van der Waals surface area contributed by atoms with Crippen LogP contribution in [-0.2, 0) is 0 Å². The number of hydrogen-bond donors (Lipinski definition) is 1. The molecular weight excluding hydrogens is 459 g/mol. The summed E-state index contributed by atoms with van der Waals surface area (Å²) < 4.78 is 5.96. The minimum Gasteiger partial charge on any atom is -0.493 e. The number of nitrogens with one attached hydrogen (secondary N) is 1. The van der Waals surface area contributed by atoms with Crippen LogP contribution in [0.2, 0.25) is 10.0 Å². The zero-order chi connectivity index (χ0) is 23.4. The van der Waals surface area contributed by atoms with Crippen molar-refractivity contribution < 1.29 is 14.3 Å². The lowest BCUT2D eigenvalue weighted by Crippen LogP contribution is -2.49. The summed E-state index contributed by atoms with van der Waals surface area (Å²) in [5, 5.41) is 3.60. The van der Waals surface area contributed by atoms with Crippen LogP contribution in [0.5, 0.6) is 5.75 Å². The van der Waals surface area contributed by atoms with Crippen LogP contribution in [0.15, 0.2) is 36.4 Å². The number of carbonyl (C=O) groups is 2. The van der Waals surface area contributed by atoms with Gasteiger partial charge in [-0.15, -0.1) is 0 Å². The summed E-state index contributed by atoms with van der Waals surface area (Å²) in [6.45, 7) is 3.31. The fourth-order valence-corrected chi connectivity index (χ4v) is 5.51. The van der Waals surface area contributed by atoms with E-state index in [1.54, 1.807) is 30.3 Å². The minimum atomic E-state index is -0.349. The number of ether oxygens (including phenoxy) is 1. The predicted molar refractivity (Wildman–Crippen MR) is 133 cm³/mol. The van der Waals surface area contributed by atoms with Crippen molar-refractivity contribution in [3.05, 3.63) is 57.6 Å². The first-order chi connectivity index (χ1) is 16.0. The summed E-state index contributed by atoms with van der Waals surface area (Å²) in [6, 6.07) is 10.3. The molecule has 0 aromatic heterocycles. The van der Waals surface area contributed by atoms with Gasteiger partial charge in [0.15, 0.2) is 0 Å². The Kier molecular flexibility index (Phi) is 7.82. The molecule has 0 bridgehead atoms. The van der Waals surface area contributed by atoms with Crippen molar-refractivity contribution in [1.82, 2.24) is 4.90 Å². The van der Waals surface area contributed by atoms with Crippen LogP contribution in [0.1, 0.15) is 72.6 Å². The van der Waals surface area contributed by atoms with Crippen LogP contribution >= 0.6 is 23.2 Å². The maximum atomic E-state index is 13.6. The zero-order valence-electron chi connectivity index (χ0n) is 18.9. The molecule has 7 heteroatoms. The van der Waals surface area contributed by atoms with Crippen LogP contribution in [-0.4, -0.2) is 35.9 Å². The topological polar surface area (TPSA) is 58.6 Å². The number of amides is 2. The van der Waals surface area contributed by atoms with Crippen LogP contribution in [0, 0.1) is 5.92 Å². The molecule has 0 spiro atoms. The highest BCUT2D eigenvalue weighted by Gasteiger charge is 2.36. The third kappa shape index (κ3) is 5.47. The monoisotopic (exact) mass is 488 g/mol. The molecule has 1 aliphatic carbocycles. The number of anilines is 1. The molecular formula is C26H30Cl2N2O3. The van der Waals surface area contributed by atoms with Gasteiger partial charge in [0, 0.05) is 29.4 Å². The van der Waals surface area contributed by atoms with E-state index in [1.165, 1.54) is 31.7 Å². The number of hydrogen-bond acceptors (Lipinski definition) is 3. The highest BCUT2D eigenvalue weighted by atomic mass is 35.5. The summed E-state index contributed by atoms with van der Waals surface area (Å²) in [6.07, 6.45) is 7.82. The molecule has 0 unspecified atom stereocenters. The van der Waals surface area contributed by atoms with Crippen LogP contribution in [0.25, 0.3) is 0 Å². The Morgan fingerprint density at radius 1 is 1.03 bits per heavy atom. The lowest BCUT2D eigenvalue weighted by atomic mass is 9.78. The third-order valence-corrected chi connectivity index (χ3v) is 7.16. The van der Waals surface area contributed by atoms with E-state index in [-0.39, 0.29) is 16.8 Å². The fraction of sp³-hybridized carbons (Fsp3) is 0.462. The summed E-state index contributed by atoms with van der Waals surface area (Å²) in [7, 11) is 0. The number of carbonyl (C=O) groups excluding carboxylic acids is 2. The summed E-state index contributed by atoms with van der Waals surface area (Å²) >= 11 is 12.1. The Bertz CT molecular complexity index is 1020. The lowest BCUT2D eigenvalue weighted by Gasteiger charge is -2.44. The van der Waals surface area contributed by atoms with E-state index in [1.807, 2.05) is 6.92 Å². The molecule has 1 aliphatic heterocycles. The van der Waals surface area contributed by atoms with Gasteiger partial charge in [0.2, 0.25) is 0 Å². The molecule has 33 heavy (non-hydrogen) atoms. The Morgan fingerprint density at radius 2 is 1.79 bits per heavy atom. The van der Waals surface area contributed by atoms with Gasteiger partial charge in [0.05, 0.1) is 22.8 Å². The van der Waals surface area contributed by atoms with E-state index < -0.39 is 0 Å². The zero-order valence-corrected chi connectivity index (χ0v) is 20.4. The standard InChI is InChI=1S/C26H30Cl2N2O3/c1-2-14-33-24-16-19(29-25(31)20-11-9-18(27)15-22(20)28)10-12-21(24)26(32)30-13-5-7-17-6-3-4-8-23(17)30/h9-12,15-17,23H,2-8,13-14H2,1H3,(H,29,31)/t17-,23+/m0/s1. The first-order valence-electron chi connectivity index (χ1n) is 11.8. The third-order valence-electron chi connectivity index (χ3n) is 6.61. The first kappa shape index (κ1) is 23.9. The van der Waals surface area contributed by atoms with Gasteiger partial charge >= 0.3 is 0 Å². The molecule has 2 aromatic rings. The number of piperidine rings is 1. The maximum Gasteiger partial charge on any atom is 0.257 e. The van der Waals surface area contributed by atoms with E-state index in [9.17, 15) is 9.59 Å². The first-order valence-corrected chi connectivity index (χ1v) is 12.6. The quantitative estimate of drug-likeness (QED) is 0.484. The second-order valence-corrected chi connectivity index (χ2v) is 9.73. The lowest BCUT2D eigenvalue weighted by molar-refractivity contribution is 0.0387. The van der Waals surface area contributed by atoms with E-state index in [0.29, 0.717) is 46.2 Å². The van der Waals surface area contributed by atoms with Crippen molar-refractivity contribution in [1.29, 1.82) is 0 Å². The van der Waals surface area contributed by atoms with Gasteiger partial charge in [-0.25, -0.2) is 0 Å². The van der Waals surface area contributed by atoms with E-state index in [4.69, 9.17) is 27.9 Å².